The zero-order chi connectivity index (χ0) is 7.40. The summed E-state index contributed by atoms with van der Waals surface area (Å²) < 4.78 is 0. The fourth-order valence-corrected chi connectivity index (χ4v) is 0.867. The number of nitrogens with one attached hydrogen (secondary N) is 1. The molecule has 0 spiro atoms. The van der Waals surface area contributed by atoms with Gasteiger partial charge in [-0.3, -0.25) is 11.2 Å². The van der Waals surface area contributed by atoms with Crippen LogP contribution in [0, 0.1) is 0 Å². The van der Waals surface area contributed by atoms with E-state index in [9.17, 15) is 0 Å². The Hall–Kier alpha value is -0.770. The van der Waals surface area contributed by atoms with Crippen molar-refractivity contribution in [1.29, 1.82) is 0 Å². The lowest BCUT2D eigenvalue weighted by molar-refractivity contribution is 0.309. The van der Waals surface area contributed by atoms with Crippen LogP contribution in [0.5, 0.6) is 0 Å². The van der Waals surface area contributed by atoms with E-state index in [4.69, 9.17) is 5.73 Å². The van der Waals surface area contributed by atoms with Crippen molar-refractivity contribution in [3.8, 4) is 0 Å². The minimum atomic E-state index is -0.105. The summed E-state index contributed by atoms with van der Waals surface area (Å²) in [5.74, 6) is 0. The number of nitrogens with two attached hydrogens (primary N) is 1. The van der Waals surface area contributed by atoms with Crippen molar-refractivity contribution in [2.24, 2.45) is 10.8 Å². The van der Waals surface area contributed by atoms with E-state index in [1.807, 2.05) is 4.90 Å². The summed E-state index contributed by atoms with van der Waals surface area (Å²) in [6, 6.07) is 0. The predicted molar refractivity (Wildman–Crippen MR) is 41.2 cm³/mol. The van der Waals surface area contributed by atoms with E-state index in [1.165, 1.54) is 12.8 Å². The Bertz CT molecular complexity index is 123. The van der Waals surface area contributed by atoms with E-state index in [2.05, 4.69) is 17.5 Å². The van der Waals surface area contributed by atoms with Gasteiger partial charge in [-0.1, -0.05) is 13.3 Å². The lowest BCUT2D eigenvalue weighted by atomic mass is 10.3. The van der Waals surface area contributed by atoms with Gasteiger partial charge in [0, 0.05) is 6.54 Å². The Labute approximate surface area is 61.1 Å². The van der Waals surface area contributed by atoms with Crippen LogP contribution in [0.3, 0.4) is 0 Å². The van der Waals surface area contributed by atoms with Crippen LogP contribution in [0.15, 0.2) is 5.10 Å². The van der Waals surface area contributed by atoms with Crippen LogP contribution in [-0.4, -0.2) is 24.1 Å². The highest BCUT2D eigenvalue weighted by Gasteiger charge is 2.12. The van der Waals surface area contributed by atoms with Crippen molar-refractivity contribution >= 4 is 6.34 Å². The van der Waals surface area contributed by atoms with Crippen molar-refractivity contribution in [1.82, 2.24) is 10.3 Å². The molecule has 4 nitrogen and oxygen atoms in total. The molecule has 0 saturated heterocycles. The van der Waals surface area contributed by atoms with Crippen LogP contribution < -0.4 is 11.2 Å². The van der Waals surface area contributed by atoms with Gasteiger partial charge in [-0.25, -0.2) is 0 Å². The van der Waals surface area contributed by atoms with E-state index in [0.717, 1.165) is 6.54 Å². The smallest absolute Gasteiger partial charge is 0.168 e. The molecule has 0 aromatic heterocycles. The first-order chi connectivity index (χ1) is 4.84. The zero-order valence-corrected chi connectivity index (χ0v) is 6.25. The standard InChI is InChI=1S/C6H14N4/c1-2-3-4-10-5-8-9-6(10)7/h5-6,9H,2-4,7H2,1H3. The molecule has 0 aromatic rings. The van der Waals surface area contributed by atoms with E-state index in [0.29, 0.717) is 0 Å². The number of rotatable bonds is 3. The summed E-state index contributed by atoms with van der Waals surface area (Å²) in [5, 5.41) is 3.82. The Morgan fingerprint density at radius 2 is 2.60 bits per heavy atom. The second-order valence-corrected chi connectivity index (χ2v) is 2.41. The number of hydrogen-bond donors (Lipinski definition) is 2. The van der Waals surface area contributed by atoms with Gasteiger partial charge >= 0.3 is 0 Å². The van der Waals surface area contributed by atoms with Crippen LogP contribution in [0.2, 0.25) is 0 Å². The summed E-state index contributed by atoms with van der Waals surface area (Å²) in [6.07, 6.45) is 4.00. The molecule has 10 heavy (non-hydrogen) atoms. The van der Waals surface area contributed by atoms with Gasteiger partial charge in [-0.05, 0) is 6.42 Å². The maximum absolute atomic E-state index is 5.61. The first-order valence-electron chi connectivity index (χ1n) is 3.64. The highest BCUT2D eigenvalue weighted by atomic mass is 15.5. The van der Waals surface area contributed by atoms with Crippen molar-refractivity contribution in [2.75, 3.05) is 6.54 Å². The normalized spacial score (nSPS) is 23.4. The molecule has 1 heterocycles. The molecule has 58 valence electrons. The first kappa shape index (κ1) is 7.34. The maximum atomic E-state index is 5.61. The summed E-state index contributed by atoms with van der Waals surface area (Å²) in [5.41, 5.74) is 8.36. The third-order valence-corrected chi connectivity index (χ3v) is 1.54. The molecular formula is C6H14N4. The fraction of sp³-hybridized carbons (Fsp3) is 0.833. The summed E-state index contributed by atoms with van der Waals surface area (Å²) in [7, 11) is 0. The number of hydrazone groups is 1. The average Bonchev–Trinajstić information content (AvgIpc) is 2.31. The quantitative estimate of drug-likeness (QED) is 0.577. The van der Waals surface area contributed by atoms with Crippen molar-refractivity contribution in [2.45, 2.75) is 26.1 Å². The van der Waals surface area contributed by atoms with E-state index in [1.54, 1.807) is 6.34 Å². The fourth-order valence-electron chi connectivity index (χ4n) is 0.867. The van der Waals surface area contributed by atoms with Crippen LogP contribution >= 0.6 is 0 Å². The van der Waals surface area contributed by atoms with Gasteiger partial charge in [-0.15, -0.1) is 0 Å². The van der Waals surface area contributed by atoms with Gasteiger partial charge in [0.1, 0.15) is 6.34 Å². The van der Waals surface area contributed by atoms with Crippen LogP contribution in [-0.2, 0) is 0 Å². The van der Waals surface area contributed by atoms with E-state index in [-0.39, 0.29) is 6.29 Å². The molecule has 0 radical (unpaired) electrons. The molecule has 0 bridgehead atoms. The lowest BCUT2D eigenvalue weighted by Crippen LogP contribution is -2.44. The maximum Gasteiger partial charge on any atom is 0.168 e. The van der Waals surface area contributed by atoms with Gasteiger partial charge < -0.3 is 4.90 Å². The number of unbranched alkanes of at least 4 members (excludes halogenated alkanes) is 1. The second kappa shape index (κ2) is 3.41. The van der Waals surface area contributed by atoms with Crippen LogP contribution in [0.4, 0.5) is 0 Å². The molecule has 1 aliphatic rings. The molecule has 0 fully saturated rings. The highest BCUT2D eigenvalue weighted by Crippen LogP contribution is 1.97. The van der Waals surface area contributed by atoms with Gasteiger partial charge in [0.2, 0.25) is 0 Å². The number of nitrogens with zero attached hydrogens (tertiary/aromatic N) is 2. The Morgan fingerprint density at radius 1 is 1.80 bits per heavy atom. The molecule has 0 aromatic carbocycles. The van der Waals surface area contributed by atoms with Crippen LogP contribution in [0.25, 0.3) is 0 Å². The van der Waals surface area contributed by atoms with Crippen molar-refractivity contribution < 1.29 is 0 Å². The SMILES string of the molecule is CCCCN1C=NNC1N. The third-order valence-electron chi connectivity index (χ3n) is 1.54. The van der Waals surface area contributed by atoms with Gasteiger partial charge in [0.05, 0.1) is 0 Å². The van der Waals surface area contributed by atoms with E-state index >= 15 is 0 Å². The van der Waals surface area contributed by atoms with Crippen molar-refractivity contribution in [3.05, 3.63) is 0 Å². The highest BCUT2D eigenvalue weighted by molar-refractivity contribution is 5.56. The average molecular weight is 142 g/mol. The topological polar surface area (TPSA) is 53.6 Å². The minimum absolute atomic E-state index is 0.105. The first-order valence-corrected chi connectivity index (χ1v) is 3.64. The molecule has 1 rings (SSSR count). The summed E-state index contributed by atoms with van der Waals surface area (Å²) in [4.78, 5) is 1.99. The summed E-state index contributed by atoms with van der Waals surface area (Å²) in [6.45, 7) is 3.15. The molecule has 1 unspecified atom stereocenters. The van der Waals surface area contributed by atoms with Gasteiger partial charge in [0.25, 0.3) is 0 Å². The predicted octanol–water partition coefficient (Wildman–Crippen LogP) is -0.123. The molecular weight excluding hydrogens is 128 g/mol. The Morgan fingerprint density at radius 3 is 3.10 bits per heavy atom. The molecule has 0 amide bonds. The van der Waals surface area contributed by atoms with Gasteiger partial charge in [0.15, 0.2) is 6.29 Å². The second-order valence-electron chi connectivity index (χ2n) is 2.41. The zero-order valence-electron chi connectivity index (χ0n) is 6.25. The molecule has 0 saturated carbocycles. The molecule has 1 atom stereocenters. The molecule has 1 aliphatic heterocycles. The molecule has 4 heteroatoms. The Balaban J connectivity index is 2.20. The van der Waals surface area contributed by atoms with Crippen LogP contribution in [0.1, 0.15) is 19.8 Å². The lowest BCUT2D eigenvalue weighted by Gasteiger charge is -2.18. The Kier molecular flexibility index (Phi) is 2.50. The van der Waals surface area contributed by atoms with Crippen molar-refractivity contribution in [3.63, 3.8) is 0 Å². The third kappa shape index (κ3) is 1.60. The molecule has 0 aliphatic carbocycles. The summed E-state index contributed by atoms with van der Waals surface area (Å²) >= 11 is 0. The van der Waals surface area contributed by atoms with Gasteiger partial charge in [-0.2, -0.15) is 5.10 Å². The largest absolute Gasteiger partial charge is 0.328 e. The van der Waals surface area contributed by atoms with E-state index < -0.39 is 0 Å². The minimum Gasteiger partial charge on any atom is -0.328 e. The number of hydrogen-bond acceptors (Lipinski definition) is 4. The molecule has 3 N–H and O–H groups in total. The monoisotopic (exact) mass is 142 g/mol.